The molecule has 3 atom stereocenters. The number of azide groups is 1. The molecule has 0 aliphatic heterocycles. The van der Waals surface area contributed by atoms with Gasteiger partial charge in [-0.3, -0.25) is 9.59 Å². The zero-order valence-corrected chi connectivity index (χ0v) is 8.31. The molecule has 0 aliphatic rings. The van der Waals surface area contributed by atoms with Crippen LogP contribution >= 0.6 is 0 Å². The first kappa shape index (κ1) is 14.5. The molecule has 0 fully saturated rings. The summed E-state index contributed by atoms with van der Waals surface area (Å²) in [6, 6.07) is 0. The maximum absolute atomic E-state index is 11.1. The van der Waals surface area contributed by atoms with Crippen LogP contribution in [0.3, 0.4) is 0 Å². The summed E-state index contributed by atoms with van der Waals surface area (Å²) in [6.45, 7) is -0.224. The molecule has 9 nitrogen and oxygen atoms in total. The summed E-state index contributed by atoms with van der Waals surface area (Å²) in [4.78, 5) is 24.2. The Morgan fingerprint density at radius 3 is 2.31 bits per heavy atom. The van der Waals surface area contributed by atoms with Gasteiger partial charge in [0.15, 0.2) is 5.78 Å². The van der Waals surface area contributed by atoms with E-state index in [1.54, 1.807) is 0 Å². The third-order valence-electron chi connectivity index (χ3n) is 1.98. The van der Waals surface area contributed by atoms with Crippen LogP contribution in [0, 0.1) is 0 Å². The van der Waals surface area contributed by atoms with Crippen molar-refractivity contribution >= 4 is 11.7 Å². The molecule has 0 aliphatic carbocycles. The van der Waals surface area contributed by atoms with Crippen LogP contribution in [0.5, 0.6) is 0 Å². The smallest absolute Gasteiger partial charge is 0.260 e. The average Bonchev–Trinajstić information content (AvgIpc) is 2.25. The number of hydrogen-bond acceptors (Lipinski definition) is 6. The number of carbonyl (C=O) groups excluding carboxylic acids is 2. The highest BCUT2D eigenvalue weighted by atomic mass is 16.4. The summed E-state index contributed by atoms with van der Waals surface area (Å²) in [5.41, 5.74) is 4.92. The van der Waals surface area contributed by atoms with Gasteiger partial charge in [-0.25, -0.2) is 0 Å². The van der Waals surface area contributed by atoms with Crippen LogP contribution in [0.25, 0.3) is 10.4 Å². The highest BCUT2D eigenvalue weighted by molar-refractivity contribution is 6.09. The van der Waals surface area contributed by atoms with Crippen molar-refractivity contribution in [2.75, 3.05) is 6.61 Å². The Bertz CT molecular complexity index is 339. The predicted octanol–water partition coefficient (Wildman–Crippen LogP) is -2.14. The van der Waals surface area contributed by atoms with Crippen molar-refractivity contribution in [1.82, 2.24) is 0 Å². The SMILES string of the molecule is CC(=O)[C@](O)(C(=O)N=[N+]=[N-])[C@H](O)[C@H](O)CO. The Balaban J connectivity index is 5.34. The normalized spacial score (nSPS) is 17.8. The second-order valence-corrected chi connectivity index (χ2v) is 3.01. The van der Waals surface area contributed by atoms with Crippen LogP contribution < -0.4 is 0 Å². The lowest BCUT2D eigenvalue weighted by Crippen LogP contribution is -2.59. The summed E-state index contributed by atoms with van der Waals surface area (Å²) >= 11 is 0. The summed E-state index contributed by atoms with van der Waals surface area (Å²) in [7, 11) is 0. The van der Waals surface area contributed by atoms with Crippen LogP contribution in [0.4, 0.5) is 0 Å². The van der Waals surface area contributed by atoms with Crippen LogP contribution in [0.2, 0.25) is 0 Å². The molecule has 90 valence electrons. The fourth-order valence-electron chi connectivity index (χ4n) is 0.980. The van der Waals surface area contributed by atoms with E-state index in [1.807, 2.05) is 0 Å². The number of hydrogen-bond donors (Lipinski definition) is 4. The highest BCUT2D eigenvalue weighted by Gasteiger charge is 2.50. The molecule has 0 aromatic carbocycles. The number of ketones is 1. The number of amides is 1. The Morgan fingerprint density at radius 2 is 2.00 bits per heavy atom. The van der Waals surface area contributed by atoms with Gasteiger partial charge in [0, 0.05) is 4.91 Å². The molecule has 0 radical (unpaired) electrons. The highest BCUT2D eigenvalue weighted by Crippen LogP contribution is 2.18. The van der Waals surface area contributed by atoms with Crippen molar-refractivity contribution in [2.24, 2.45) is 5.11 Å². The third-order valence-corrected chi connectivity index (χ3v) is 1.98. The Labute approximate surface area is 89.6 Å². The maximum atomic E-state index is 11.1. The average molecular weight is 233 g/mol. The minimum absolute atomic E-state index is 0.762. The molecule has 9 heteroatoms. The van der Waals surface area contributed by atoms with Gasteiger partial charge in [-0.15, -0.1) is 0 Å². The van der Waals surface area contributed by atoms with Gasteiger partial charge in [-0.1, -0.05) is 0 Å². The van der Waals surface area contributed by atoms with Crippen LogP contribution in [0.15, 0.2) is 5.11 Å². The van der Waals surface area contributed by atoms with E-state index in [1.165, 1.54) is 0 Å². The Hall–Kier alpha value is -1.51. The number of rotatable bonds is 5. The fourth-order valence-corrected chi connectivity index (χ4v) is 0.980. The van der Waals surface area contributed by atoms with Crippen molar-refractivity contribution < 1.29 is 30.0 Å². The van der Waals surface area contributed by atoms with Crippen LogP contribution in [0.1, 0.15) is 6.92 Å². The molecule has 0 aromatic rings. The molecule has 0 heterocycles. The van der Waals surface area contributed by atoms with Gasteiger partial charge in [0.05, 0.1) is 6.61 Å². The standard InChI is InChI=1S/C7H11N3O6/c1-3(12)7(16,6(15)9-10-8)5(14)4(13)2-11/h4-5,11,13-14,16H,2H2,1H3/t4-,5-,7-/m1/s1. The molecule has 0 unspecified atom stereocenters. The van der Waals surface area contributed by atoms with Crippen molar-refractivity contribution in [3.05, 3.63) is 10.4 Å². The molecule has 16 heavy (non-hydrogen) atoms. The second-order valence-electron chi connectivity index (χ2n) is 3.01. The minimum atomic E-state index is -3.06. The minimum Gasteiger partial charge on any atom is -0.394 e. The summed E-state index contributed by atoms with van der Waals surface area (Å²) in [5.74, 6) is -2.87. The van der Waals surface area contributed by atoms with Gasteiger partial charge in [0.2, 0.25) is 5.60 Å². The van der Waals surface area contributed by atoms with Crippen molar-refractivity contribution in [3.63, 3.8) is 0 Å². The molecular weight excluding hydrogens is 222 g/mol. The van der Waals surface area contributed by atoms with E-state index in [9.17, 15) is 19.8 Å². The lowest BCUT2D eigenvalue weighted by atomic mass is 9.88. The van der Waals surface area contributed by atoms with Crippen molar-refractivity contribution in [2.45, 2.75) is 24.7 Å². The Morgan fingerprint density at radius 1 is 1.50 bits per heavy atom. The summed E-state index contributed by atoms with van der Waals surface area (Å²) < 4.78 is 0. The van der Waals surface area contributed by atoms with E-state index in [-0.39, 0.29) is 0 Å². The van der Waals surface area contributed by atoms with Crippen molar-refractivity contribution in [1.29, 1.82) is 0 Å². The predicted molar refractivity (Wildman–Crippen MR) is 48.9 cm³/mol. The molecule has 4 N–H and O–H groups in total. The van der Waals surface area contributed by atoms with Crippen molar-refractivity contribution in [3.8, 4) is 0 Å². The van der Waals surface area contributed by atoms with Gasteiger partial charge in [0.25, 0.3) is 5.91 Å². The monoisotopic (exact) mass is 233 g/mol. The second kappa shape index (κ2) is 5.54. The van der Waals surface area contributed by atoms with Crippen LogP contribution in [-0.2, 0) is 9.59 Å². The van der Waals surface area contributed by atoms with Gasteiger partial charge < -0.3 is 20.4 Å². The number of aliphatic hydroxyl groups excluding tert-OH is 3. The molecule has 1 amide bonds. The molecular formula is C7H11N3O6. The summed E-state index contributed by atoms with van der Waals surface area (Å²) in [5, 5.41) is 38.9. The molecule has 0 spiro atoms. The van der Waals surface area contributed by atoms with E-state index in [0.29, 0.717) is 0 Å². The maximum Gasteiger partial charge on any atom is 0.260 e. The quantitative estimate of drug-likeness (QED) is 0.183. The van der Waals surface area contributed by atoms with Crippen LogP contribution in [-0.4, -0.2) is 56.5 Å². The molecule has 0 saturated carbocycles. The third kappa shape index (κ3) is 2.54. The zero-order chi connectivity index (χ0) is 12.9. The van der Waals surface area contributed by atoms with Gasteiger partial charge >= 0.3 is 0 Å². The topological polar surface area (TPSA) is 164 Å². The van der Waals surface area contributed by atoms with E-state index in [4.69, 9.17) is 15.7 Å². The first-order valence-corrected chi connectivity index (χ1v) is 4.12. The number of Topliss-reactive ketones (excluding diaryl/α,β-unsaturated/α-hetero) is 1. The number of nitrogens with zero attached hydrogens (tertiary/aromatic N) is 3. The van der Waals surface area contributed by atoms with E-state index in [2.05, 4.69) is 10.0 Å². The van der Waals surface area contributed by atoms with E-state index in [0.717, 1.165) is 6.92 Å². The van der Waals surface area contributed by atoms with E-state index >= 15 is 0 Å². The van der Waals surface area contributed by atoms with Gasteiger partial charge in [0.1, 0.15) is 12.2 Å². The van der Waals surface area contributed by atoms with Gasteiger partial charge in [-0.2, -0.15) is 0 Å². The Kier molecular flexibility index (Phi) is 5.02. The zero-order valence-electron chi connectivity index (χ0n) is 8.31. The number of aliphatic hydroxyl groups is 4. The number of carbonyl (C=O) groups is 2. The molecule has 0 rings (SSSR count). The first-order valence-electron chi connectivity index (χ1n) is 4.12. The lowest BCUT2D eigenvalue weighted by Gasteiger charge is -2.29. The lowest BCUT2D eigenvalue weighted by molar-refractivity contribution is -0.172. The largest absolute Gasteiger partial charge is 0.394 e. The summed E-state index contributed by atoms with van der Waals surface area (Å²) in [6.07, 6.45) is -4.21. The van der Waals surface area contributed by atoms with Gasteiger partial charge in [-0.05, 0) is 17.6 Å². The van der Waals surface area contributed by atoms with E-state index < -0.39 is 36.1 Å². The molecule has 0 bridgehead atoms. The fraction of sp³-hybridized carbons (Fsp3) is 0.714. The molecule has 0 aromatic heterocycles. The molecule has 0 saturated heterocycles. The first-order chi connectivity index (χ1) is 7.32.